The van der Waals surface area contributed by atoms with Crippen LogP contribution < -0.4 is 0 Å². The zero-order valence-electron chi connectivity index (χ0n) is 16.8. The van der Waals surface area contributed by atoms with Gasteiger partial charge in [0.05, 0.1) is 0 Å². The van der Waals surface area contributed by atoms with Crippen molar-refractivity contribution in [2.24, 2.45) is 0 Å². The van der Waals surface area contributed by atoms with Gasteiger partial charge in [-0.25, -0.2) is 4.79 Å². The van der Waals surface area contributed by atoms with Gasteiger partial charge in [-0.3, -0.25) is 0 Å². The Balaban J connectivity index is 1.93. The molecule has 32 heavy (non-hydrogen) atoms. The molecular formula is C26H19F3O2S. The van der Waals surface area contributed by atoms with E-state index in [1.54, 1.807) is 72.8 Å². The second-order valence-electron chi connectivity index (χ2n) is 6.94. The Morgan fingerprint density at radius 3 is 1.38 bits per heavy atom. The molecule has 0 unspecified atom stereocenters. The lowest BCUT2D eigenvalue weighted by Gasteiger charge is -2.39. The molecule has 0 saturated carbocycles. The molecule has 0 aromatic heterocycles. The molecule has 6 heteroatoms. The quantitative estimate of drug-likeness (QED) is 0.311. The van der Waals surface area contributed by atoms with Crippen molar-refractivity contribution in [3.05, 3.63) is 115 Å². The zero-order valence-corrected chi connectivity index (χ0v) is 17.6. The Bertz CT molecular complexity index is 1140. The summed E-state index contributed by atoms with van der Waals surface area (Å²) in [5.41, 5.74) is 1.89. The van der Waals surface area contributed by atoms with E-state index in [1.807, 2.05) is 42.5 Å². The number of hydrogen-bond acceptors (Lipinski definition) is 2. The standard InChI is InChI=1S/C26H19F3O2S/c27-26(28,29)25(30)31-32(22-12-6-2-7-13-22,23-14-8-3-9-15-23)24-18-16-21(17-19-24)20-10-4-1-5-11-20/h1-19H. The van der Waals surface area contributed by atoms with E-state index in [-0.39, 0.29) is 0 Å². The van der Waals surface area contributed by atoms with Gasteiger partial charge in [0.1, 0.15) is 0 Å². The normalized spacial score (nSPS) is 12.2. The molecule has 0 saturated heterocycles. The maximum absolute atomic E-state index is 13.4. The van der Waals surface area contributed by atoms with Crippen molar-refractivity contribution in [3.8, 4) is 11.1 Å². The SMILES string of the molecule is O=C(OS(c1ccccc1)(c1ccccc1)c1ccc(-c2ccccc2)cc1)C(F)(F)F. The van der Waals surface area contributed by atoms with E-state index in [0.717, 1.165) is 11.1 Å². The lowest BCUT2D eigenvalue weighted by molar-refractivity contribution is -0.188. The molecule has 0 aliphatic carbocycles. The van der Waals surface area contributed by atoms with E-state index in [4.69, 9.17) is 4.18 Å². The Morgan fingerprint density at radius 2 is 0.938 bits per heavy atom. The molecule has 0 atom stereocenters. The van der Waals surface area contributed by atoms with Gasteiger partial charge in [0, 0.05) is 14.7 Å². The highest BCUT2D eigenvalue weighted by atomic mass is 32.3. The molecule has 4 rings (SSSR count). The molecule has 162 valence electrons. The second-order valence-corrected chi connectivity index (χ2v) is 9.63. The van der Waals surface area contributed by atoms with E-state index in [2.05, 4.69) is 0 Å². The van der Waals surface area contributed by atoms with Crippen LogP contribution in [0.2, 0.25) is 0 Å². The molecule has 0 bridgehead atoms. The molecule has 2 nitrogen and oxygen atoms in total. The molecule has 4 aromatic rings. The van der Waals surface area contributed by atoms with E-state index < -0.39 is 22.5 Å². The van der Waals surface area contributed by atoms with Gasteiger partial charge in [-0.05, 0) is 57.8 Å². The van der Waals surface area contributed by atoms with E-state index in [9.17, 15) is 18.0 Å². The third kappa shape index (κ3) is 4.27. The maximum atomic E-state index is 13.4. The molecule has 0 N–H and O–H groups in total. The Labute approximate surface area is 185 Å². The zero-order chi connectivity index (χ0) is 22.6. The number of carbonyl (C=O) groups excluding carboxylic acids is 1. The van der Waals surface area contributed by atoms with Crippen molar-refractivity contribution in [2.45, 2.75) is 20.9 Å². The van der Waals surface area contributed by atoms with Gasteiger partial charge in [-0.2, -0.15) is 13.2 Å². The molecule has 0 amide bonds. The summed E-state index contributed by atoms with van der Waals surface area (Å²) in [6, 6.07) is 34.0. The summed E-state index contributed by atoms with van der Waals surface area (Å²) in [4.78, 5) is 13.6. The van der Waals surface area contributed by atoms with E-state index in [0.29, 0.717) is 14.7 Å². The second kappa shape index (κ2) is 8.93. The maximum Gasteiger partial charge on any atom is 0.491 e. The third-order valence-electron chi connectivity index (χ3n) is 4.88. The van der Waals surface area contributed by atoms with Crippen LogP contribution in [0, 0.1) is 0 Å². The number of alkyl halides is 3. The van der Waals surface area contributed by atoms with Crippen molar-refractivity contribution in [2.75, 3.05) is 0 Å². The number of carbonyl (C=O) groups is 1. The molecular weight excluding hydrogens is 433 g/mol. The van der Waals surface area contributed by atoms with Crippen LogP contribution in [0.25, 0.3) is 11.1 Å². The van der Waals surface area contributed by atoms with Crippen molar-refractivity contribution < 1.29 is 22.1 Å². The Hall–Kier alpha value is -3.51. The van der Waals surface area contributed by atoms with Crippen LogP contribution in [-0.2, 0) is 8.98 Å². The lowest BCUT2D eigenvalue weighted by atomic mass is 10.1. The fraction of sp³-hybridized carbons (Fsp3) is 0.0385. The van der Waals surface area contributed by atoms with Gasteiger partial charge >= 0.3 is 12.1 Å². The van der Waals surface area contributed by atoms with Gasteiger partial charge in [0.15, 0.2) is 0 Å². The smallest absolute Gasteiger partial charge is 0.395 e. The predicted octanol–water partition coefficient (Wildman–Crippen LogP) is 7.66. The van der Waals surface area contributed by atoms with Crippen LogP contribution in [0.4, 0.5) is 13.2 Å². The van der Waals surface area contributed by atoms with E-state index >= 15 is 0 Å². The minimum Gasteiger partial charge on any atom is -0.395 e. The average molecular weight is 452 g/mol. The van der Waals surface area contributed by atoms with Crippen molar-refractivity contribution in [1.29, 1.82) is 0 Å². The van der Waals surface area contributed by atoms with Gasteiger partial charge in [-0.15, -0.1) is 0 Å². The largest absolute Gasteiger partial charge is 0.491 e. The molecule has 0 aliphatic heterocycles. The summed E-state index contributed by atoms with van der Waals surface area (Å²) >= 11 is 0. The van der Waals surface area contributed by atoms with Crippen LogP contribution in [0.5, 0.6) is 0 Å². The van der Waals surface area contributed by atoms with Gasteiger partial charge in [0.25, 0.3) is 0 Å². The van der Waals surface area contributed by atoms with Gasteiger partial charge in [-0.1, -0.05) is 78.9 Å². The number of benzene rings is 4. The molecule has 0 aliphatic rings. The van der Waals surface area contributed by atoms with Gasteiger partial charge in [0.2, 0.25) is 0 Å². The lowest BCUT2D eigenvalue weighted by Crippen LogP contribution is -2.27. The van der Waals surface area contributed by atoms with Crippen LogP contribution in [0.1, 0.15) is 0 Å². The van der Waals surface area contributed by atoms with Crippen LogP contribution >= 0.6 is 10.3 Å². The van der Waals surface area contributed by atoms with Crippen molar-refractivity contribution >= 4 is 16.3 Å². The first kappa shape index (κ1) is 21.7. The molecule has 4 aromatic carbocycles. The van der Waals surface area contributed by atoms with Crippen LogP contribution in [-0.4, -0.2) is 12.1 Å². The Morgan fingerprint density at radius 1 is 0.562 bits per heavy atom. The monoisotopic (exact) mass is 452 g/mol. The van der Waals surface area contributed by atoms with Gasteiger partial charge < -0.3 is 4.18 Å². The first-order chi connectivity index (χ1) is 15.4. The first-order valence-corrected chi connectivity index (χ1v) is 11.4. The summed E-state index contributed by atoms with van der Waals surface area (Å²) in [6.45, 7) is 0. The van der Waals surface area contributed by atoms with E-state index in [1.165, 1.54) is 0 Å². The van der Waals surface area contributed by atoms with Crippen molar-refractivity contribution in [1.82, 2.24) is 0 Å². The van der Waals surface area contributed by atoms with Crippen LogP contribution in [0.3, 0.4) is 0 Å². The summed E-state index contributed by atoms with van der Waals surface area (Å²) in [5, 5.41) is 0. The summed E-state index contributed by atoms with van der Waals surface area (Å²) < 4.78 is 45.5. The third-order valence-corrected chi connectivity index (χ3v) is 8.09. The number of halogens is 3. The molecule has 0 radical (unpaired) electrons. The highest BCUT2D eigenvalue weighted by molar-refractivity contribution is 8.30. The fourth-order valence-corrected chi connectivity index (χ4v) is 6.43. The summed E-state index contributed by atoms with van der Waals surface area (Å²) in [6.07, 6.45) is -5.12. The summed E-state index contributed by atoms with van der Waals surface area (Å²) in [7, 11) is -2.98. The van der Waals surface area contributed by atoms with Crippen molar-refractivity contribution in [3.63, 3.8) is 0 Å². The molecule has 0 heterocycles. The highest BCUT2D eigenvalue weighted by Crippen LogP contribution is 2.69. The highest BCUT2D eigenvalue weighted by Gasteiger charge is 2.47. The predicted molar refractivity (Wildman–Crippen MR) is 119 cm³/mol. The topological polar surface area (TPSA) is 26.3 Å². The Kier molecular flexibility index (Phi) is 6.06. The number of hydrogen-bond donors (Lipinski definition) is 0. The molecule has 0 fully saturated rings. The fourth-order valence-electron chi connectivity index (χ4n) is 3.41. The number of rotatable bonds is 5. The first-order valence-electron chi connectivity index (χ1n) is 9.81. The summed E-state index contributed by atoms with van der Waals surface area (Å²) in [5.74, 6) is -2.22. The van der Waals surface area contributed by atoms with Crippen LogP contribution in [0.15, 0.2) is 130 Å². The molecule has 0 spiro atoms. The minimum absolute atomic E-state index is 0.493. The average Bonchev–Trinajstić information content (AvgIpc) is 2.83. The minimum atomic E-state index is -5.12.